The molecule has 0 aliphatic heterocycles. The van der Waals surface area contributed by atoms with Crippen molar-refractivity contribution in [3.63, 3.8) is 0 Å². The van der Waals surface area contributed by atoms with Crippen LogP contribution in [-0.4, -0.2) is 24.7 Å². The van der Waals surface area contributed by atoms with Gasteiger partial charge in [-0.1, -0.05) is 12.1 Å². The van der Waals surface area contributed by atoms with E-state index in [1.165, 1.54) is 0 Å². The number of hydrogen-bond donors (Lipinski definition) is 1. The van der Waals surface area contributed by atoms with Crippen molar-refractivity contribution in [2.24, 2.45) is 0 Å². The third-order valence-electron chi connectivity index (χ3n) is 2.47. The highest BCUT2D eigenvalue weighted by molar-refractivity contribution is 5.76. The predicted molar refractivity (Wildman–Crippen MR) is 80.2 cm³/mol. The van der Waals surface area contributed by atoms with E-state index in [1.807, 2.05) is 52.0 Å². The Kier molecular flexibility index (Phi) is 6.36. The summed E-state index contributed by atoms with van der Waals surface area (Å²) in [6.07, 6.45) is 1.15. The number of carbonyl (C=O) groups is 1. The first-order valence-corrected chi connectivity index (χ1v) is 7.08. The van der Waals surface area contributed by atoms with Gasteiger partial charge in [-0.15, -0.1) is 0 Å². The average molecular weight is 279 g/mol. The molecule has 1 amide bonds. The second kappa shape index (κ2) is 7.78. The van der Waals surface area contributed by atoms with Crippen molar-refractivity contribution in [1.29, 1.82) is 0 Å². The van der Waals surface area contributed by atoms with Gasteiger partial charge in [-0.05, 0) is 46.2 Å². The molecule has 0 saturated heterocycles. The number of ether oxygens (including phenoxy) is 2. The molecule has 0 unspecified atom stereocenters. The van der Waals surface area contributed by atoms with E-state index in [2.05, 4.69) is 5.32 Å². The smallest absolute Gasteiger partial charge is 0.220 e. The van der Waals surface area contributed by atoms with Crippen LogP contribution >= 0.6 is 0 Å². The quantitative estimate of drug-likeness (QED) is 0.780. The van der Waals surface area contributed by atoms with E-state index in [0.717, 1.165) is 11.5 Å². The van der Waals surface area contributed by atoms with Gasteiger partial charge in [-0.25, -0.2) is 0 Å². The van der Waals surface area contributed by atoms with Crippen molar-refractivity contribution in [3.8, 4) is 11.5 Å². The van der Waals surface area contributed by atoms with E-state index in [9.17, 15) is 4.79 Å². The SMILES string of the molecule is CCOc1ccccc1OCCCC(=O)NC(C)(C)C. The fourth-order valence-corrected chi connectivity index (χ4v) is 1.74. The Morgan fingerprint density at radius 2 is 1.75 bits per heavy atom. The summed E-state index contributed by atoms with van der Waals surface area (Å²) >= 11 is 0. The van der Waals surface area contributed by atoms with Crippen LogP contribution in [0.4, 0.5) is 0 Å². The van der Waals surface area contributed by atoms with Crippen LogP contribution in [0.15, 0.2) is 24.3 Å². The van der Waals surface area contributed by atoms with Crippen LogP contribution in [0, 0.1) is 0 Å². The lowest BCUT2D eigenvalue weighted by Gasteiger charge is -2.20. The molecule has 0 aliphatic rings. The third kappa shape index (κ3) is 6.45. The highest BCUT2D eigenvalue weighted by Gasteiger charge is 2.13. The van der Waals surface area contributed by atoms with Gasteiger partial charge in [-0.2, -0.15) is 0 Å². The van der Waals surface area contributed by atoms with Crippen molar-refractivity contribution in [2.75, 3.05) is 13.2 Å². The van der Waals surface area contributed by atoms with Crippen LogP contribution in [0.5, 0.6) is 11.5 Å². The topological polar surface area (TPSA) is 47.6 Å². The van der Waals surface area contributed by atoms with Crippen LogP contribution in [0.1, 0.15) is 40.5 Å². The summed E-state index contributed by atoms with van der Waals surface area (Å²) in [5.41, 5.74) is -0.181. The van der Waals surface area contributed by atoms with Crippen molar-refractivity contribution >= 4 is 5.91 Å². The largest absolute Gasteiger partial charge is 0.490 e. The third-order valence-corrected chi connectivity index (χ3v) is 2.47. The number of hydrogen-bond acceptors (Lipinski definition) is 3. The highest BCUT2D eigenvalue weighted by atomic mass is 16.5. The first-order valence-electron chi connectivity index (χ1n) is 7.08. The summed E-state index contributed by atoms with van der Waals surface area (Å²) in [4.78, 5) is 11.6. The lowest BCUT2D eigenvalue weighted by atomic mass is 10.1. The molecule has 0 heterocycles. The Balaban J connectivity index is 2.33. The first-order chi connectivity index (χ1) is 9.42. The Hall–Kier alpha value is -1.71. The molecule has 1 aromatic rings. The number of carbonyl (C=O) groups excluding carboxylic acids is 1. The van der Waals surface area contributed by atoms with Gasteiger partial charge in [0.15, 0.2) is 11.5 Å². The minimum absolute atomic E-state index is 0.0548. The predicted octanol–water partition coefficient (Wildman–Crippen LogP) is 3.16. The molecule has 0 saturated carbocycles. The molecular formula is C16H25NO3. The number of para-hydroxylation sites is 2. The number of amides is 1. The van der Waals surface area contributed by atoms with E-state index in [1.54, 1.807) is 0 Å². The fraction of sp³-hybridized carbons (Fsp3) is 0.562. The molecule has 0 bridgehead atoms. The van der Waals surface area contributed by atoms with E-state index in [-0.39, 0.29) is 11.4 Å². The van der Waals surface area contributed by atoms with Crippen LogP contribution in [0.2, 0.25) is 0 Å². The Morgan fingerprint density at radius 1 is 1.15 bits per heavy atom. The molecule has 0 spiro atoms. The molecule has 20 heavy (non-hydrogen) atoms. The van der Waals surface area contributed by atoms with Gasteiger partial charge >= 0.3 is 0 Å². The molecule has 0 fully saturated rings. The Morgan fingerprint density at radius 3 is 2.30 bits per heavy atom. The second-order valence-electron chi connectivity index (χ2n) is 5.63. The van der Waals surface area contributed by atoms with Gasteiger partial charge in [0.25, 0.3) is 0 Å². The van der Waals surface area contributed by atoms with E-state index >= 15 is 0 Å². The zero-order chi connectivity index (χ0) is 15.0. The maximum Gasteiger partial charge on any atom is 0.220 e. The number of nitrogens with one attached hydrogen (secondary N) is 1. The lowest BCUT2D eigenvalue weighted by Crippen LogP contribution is -2.40. The van der Waals surface area contributed by atoms with Crippen LogP contribution in [0.3, 0.4) is 0 Å². The molecule has 112 valence electrons. The maximum atomic E-state index is 11.6. The first kappa shape index (κ1) is 16.3. The lowest BCUT2D eigenvalue weighted by molar-refractivity contribution is -0.122. The minimum atomic E-state index is -0.181. The van der Waals surface area contributed by atoms with Crippen LogP contribution in [0.25, 0.3) is 0 Å². The number of benzene rings is 1. The number of rotatable bonds is 7. The van der Waals surface area contributed by atoms with Crippen LogP contribution < -0.4 is 14.8 Å². The summed E-state index contributed by atoms with van der Waals surface area (Å²) in [6, 6.07) is 7.57. The molecule has 4 heteroatoms. The van der Waals surface area contributed by atoms with Gasteiger partial charge in [0.2, 0.25) is 5.91 Å². The molecule has 1 rings (SSSR count). The van der Waals surface area contributed by atoms with Gasteiger partial charge in [0.05, 0.1) is 13.2 Å². The van der Waals surface area contributed by atoms with E-state index < -0.39 is 0 Å². The molecule has 0 radical (unpaired) electrons. The Bertz CT molecular complexity index is 424. The molecule has 0 atom stereocenters. The van der Waals surface area contributed by atoms with Crippen LogP contribution in [-0.2, 0) is 4.79 Å². The van der Waals surface area contributed by atoms with Crippen molar-refractivity contribution in [3.05, 3.63) is 24.3 Å². The molecule has 4 nitrogen and oxygen atoms in total. The highest BCUT2D eigenvalue weighted by Crippen LogP contribution is 2.26. The van der Waals surface area contributed by atoms with Crippen molar-refractivity contribution in [1.82, 2.24) is 5.32 Å². The molecule has 0 aromatic heterocycles. The summed E-state index contributed by atoms with van der Waals surface area (Å²) < 4.78 is 11.1. The molecular weight excluding hydrogens is 254 g/mol. The summed E-state index contributed by atoms with van der Waals surface area (Å²) in [5, 5.41) is 2.93. The zero-order valence-corrected chi connectivity index (χ0v) is 12.9. The molecule has 1 N–H and O–H groups in total. The van der Waals surface area contributed by atoms with Gasteiger partial charge in [-0.3, -0.25) is 4.79 Å². The van der Waals surface area contributed by atoms with Gasteiger partial charge in [0.1, 0.15) is 0 Å². The normalized spacial score (nSPS) is 11.0. The molecule has 1 aromatic carbocycles. The van der Waals surface area contributed by atoms with Crippen molar-refractivity contribution in [2.45, 2.75) is 46.1 Å². The maximum absolute atomic E-state index is 11.6. The summed E-state index contributed by atoms with van der Waals surface area (Å²) in [5.74, 6) is 1.53. The minimum Gasteiger partial charge on any atom is -0.490 e. The van der Waals surface area contributed by atoms with E-state index in [0.29, 0.717) is 26.1 Å². The summed E-state index contributed by atoms with van der Waals surface area (Å²) in [7, 11) is 0. The average Bonchev–Trinajstić information content (AvgIpc) is 2.34. The zero-order valence-electron chi connectivity index (χ0n) is 12.9. The van der Waals surface area contributed by atoms with Crippen molar-refractivity contribution < 1.29 is 14.3 Å². The fourth-order valence-electron chi connectivity index (χ4n) is 1.74. The van der Waals surface area contributed by atoms with Gasteiger partial charge in [0, 0.05) is 12.0 Å². The molecule has 0 aliphatic carbocycles. The van der Waals surface area contributed by atoms with E-state index in [4.69, 9.17) is 9.47 Å². The monoisotopic (exact) mass is 279 g/mol. The summed E-state index contributed by atoms with van der Waals surface area (Å²) in [6.45, 7) is 8.96. The van der Waals surface area contributed by atoms with Gasteiger partial charge < -0.3 is 14.8 Å². The standard InChI is InChI=1S/C16H25NO3/c1-5-19-13-9-6-7-10-14(13)20-12-8-11-15(18)17-16(2,3)4/h6-7,9-10H,5,8,11-12H2,1-4H3,(H,17,18). The Labute approximate surface area is 121 Å². The second-order valence-corrected chi connectivity index (χ2v) is 5.63.